The van der Waals surface area contributed by atoms with Crippen LogP contribution in [0.1, 0.15) is 27.2 Å². The molecule has 0 fully saturated rings. The molecule has 0 unspecified atom stereocenters. The second kappa shape index (κ2) is 4.27. The quantitative estimate of drug-likeness (QED) is 0.554. The topological polar surface area (TPSA) is 0 Å². The number of hydrogen-bond donors (Lipinski definition) is 0. The summed E-state index contributed by atoms with van der Waals surface area (Å²) < 4.78 is 25.3. The van der Waals surface area contributed by atoms with E-state index in [1.807, 2.05) is 6.92 Å². The molecule has 0 heterocycles. The zero-order valence-corrected chi connectivity index (χ0v) is 7.20. The minimum absolute atomic E-state index is 0.377. The Balaban J connectivity index is 4.03. The number of halogens is 2. The third kappa shape index (κ3) is 7.23. The molecule has 0 atom stereocenters. The lowest BCUT2D eigenvalue weighted by Gasteiger charge is -2.05. The number of hydrogen-bond acceptors (Lipinski definition) is 0. The molecule has 0 bridgehead atoms. The molecular formula is C9H14F2. The molecule has 0 N–H and O–H groups in total. The first-order chi connectivity index (χ1) is 4.95. The van der Waals surface area contributed by atoms with Gasteiger partial charge in [-0.25, -0.2) is 8.78 Å². The highest BCUT2D eigenvalue weighted by Gasteiger charge is 2.08. The van der Waals surface area contributed by atoms with Gasteiger partial charge in [-0.15, -0.1) is 0 Å². The fourth-order valence-corrected chi connectivity index (χ4v) is 0.541. The molecule has 0 saturated heterocycles. The molecule has 0 nitrogen and oxygen atoms in total. The minimum Gasteiger partial charge on any atom is -0.240 e. The Morgan fingerprint density at radius 1 is 1.45 bits per heavy atom. The van der Waals surface area contributed by atoms with E-state index >= 15 is 0 Å². The summed E-state index contributed by atoms with van der Waals surface area (Å²) in [5.74, 6) is -0.377. The van der Waals surface area contributed by atoms with Crippen LogP contribution >= 0.6 is 0 Å². The average molecular weight is 160 g/mol. The van der Waals surface area contributed by atoms with Crippen LogP contribution in [0.15, 0.2) is 24.1 Å². The van der Waals surface area contributed by atoms with E-state index in [-0.39, 0.29) is 5.83 Å². The lowest BCUT2D eigenvalue weighted by atomic mass is 10.1. The Bertz CT molecular complexity index is 161. The van der Waals surface area contributed by atoms with Crippen molar-refractivity contribution in [3.8, 4) is 0 Å². The second-order valence-electron chi connectivity index (χ2n) is 2.90. The maximum absolute atomic E-state index is 12.7. The van der Waals surface area contributed by atoms with Crippen LogP contribution in [0.2, 0.25) is 0 Å². The molecular weight excluding hydrogens is 146 g/mol. The van der Waals surface area contributed by atoms with E-state index in [9.17, 15) is 8.78 Å². The van der Waals surface area contributed by atoms with Gasteiger partial charge < -0.3 is 0 Å². The van der Waals surface area contributed by atoms with Crippen LogP contribution in [-0.2, 0) is 0 Å². The Labute approximate surface area is 66.6 Å². The summed E-state index contributed by atoms with van der Waals surface area (Å²) in [6.45, 7) is 4.58. The molecule has 0 aliphatic heterocycles. The Morgan fingerprint density at radius 3 is 2.36 bits per heavy atom. The molecule has 11 heavy (non-hydrogen) atoms. The first kappa shape index (κ1) is 10.3. The van der Waals surface area contributed by atoms with Gasteiger partial charge in [0.25, 0.3) is 0 Å². The summed E-state index contributed by atoms with van der Waals surface area (Å²) >= 11 is 0. The minimum atomic E-state index is -1.43. The molecule has 0 saturated carbocycles. The van der Waals surface area contributed by atoms with Crippen molar-refractivity contribution in [3.05, 3.63) is 24.1 Å². The molecule has 64 valence electrons. The Morgan fingerprint density at radius 2 is 2.00 bits per heavy atom. The first-order valence-corrected chi connectivity index (χ1v) is 3.69. The van der Waals surface area contributed by atoms with Crippen LogP contribution in [0.5, 0.6) is 0 Å². The van der Waals surface area contributed by atoms with Gasteiger partial charge in [0, 0.05) is 0 Å². The van der Waals surface area contributed by atoms with Crippen molar-refractivity contribution in [3.63, 3.8) is 0 Å². The van der Waals surface area contributed by atoms with E-state index in [1.54, 1.807) is 0 Å². The van der Waals surface area contributed by atoms with Crippen molar-refractivity contribution in [2.24, 2.45) is 0 Å². The number of alkyl halides is 1. The van der Waals surface area contributed by atoms with Crippen molar-refractivity contribution in [2.75, 3.05) is 0 Å². The molecule has 0 amide bonds. The van der Waals surface area contributed by atoms with Crippen LogP contribution in [0.4, 0.5) is 8.78 Å². The van der Waals surface area contributed by atoms with E-state index in [0.717, 1.165) is 6.08 Å². The van der Waals surface area contributed by atoms with Crippen molar-refractivity contribution in [1.82, 2.24) is 0 Å². The van der Waals surface area contributed by atoms with Gasteiger partial charge in [-0.05, 0) is 38.5 Å². The summed E-state index contributed by atoms with van der Waals surface area (Å²) in [7, 11) is 0. The lowest BCUT2D eigenvalue weighted by Crippen LogP contribution is -2.05. The summed E-state index contributed by atoms with van der Waals surface area (Å²) in [6, 6.07) is 0. The van der Waals surface area contributed by atoms with E-state index in [0.29, 0.717) is 6.42 Å². The maximum atomic E-state index is 12.7. The van der Waals surface area contributed by atoms with E-state index < -0.39 is 5.67 Å². The highest BCUT2D eigenvalue weighted by Crippen LogP contribution is 2.12. The monoisotopic (exact) mass is 160 g/mol. The van der Waals surface area contributed by atoms with E-state index in [2.05, 4.69) is 0 Å². The standard InChI is InChI=1S/C9H14F2/c1-4-5-8(10)6-7-9(2,3)11/h5-7H,4H2,1-3H3. The van der Waals surface area contributed by atoms with Crippen LogP contribution in [0.25, 0.3) is 0 Å². The van der Waals surface area contributed by atoms with Crippen molar-refractivity contribution in [1.29, 1.82) is 0 Å². The van der Waals surface area contributed by atoms with Gasteiger partial charge >= 0.3 is 0 Å². The molecule has 0 aromatic rings. The van der Waals surface area contributed by atoms with Crippen LogP contribution < -0.4 is 0 Å². The Kier molecular flexibility index (Phi) is 4.01. The highest BCUT2D eigenvalue weighted by atomic mass is 19.1. The number of allylic oxidation sites excluding steroid dienone is 4. The van der Waals surface area contributed by atoms with Gasteiger partial charge in [0.1, 0.15) is 11.5 Å². The number of rotatable bonds is 3. The van der Waals surface area contributed by atoms with Gasteiger partial charge in [0.15, 0.2) is 0 Å². The SMILES string of the molecule is CCC=C(F)C=CC(C)(C)F. The molecule has 0 aromatic carbocycles. The largest absolute Gasteiger partial charge is 0.240 e. The van der Waals surface area contributed by atoms with Crippen LogP contribution in [0.3, 0.4) is 0 Å². The molecule has 0 rings (SSSR count). The summed E-state index contributed by atoms with van der Waals surface area (Å²) in [5.41, 5.74) is -1.43. The van der Waals surface area contributed by atoms with Crippen LogP contribution in [-0.4, -0.2) is 5.67 Å². The van der Waals surface area contributed by atoms with Gasteiger partial charge in [0.2, 0.25) is 0 Å². The van der Waals surface area contributed by atoms with Crippen molar-refractivity contribution < 1.29 is 8.78 Å². The smallest absolute Gasteiger partial charge is 0.124 e. The lowest BCUT2D eigenvalue weighted by molar-refractivity contribution is 0.286. The second-order valence-corrected chi connectivity index (χ2v) is 2.90. The molecule has 0 spiro atoms. The van der Waals surface area contributed by atoms with E-state index in [1.165, 1.54) is 26.0 Å². The van der Waals surface area contributed by atoms with Gasteiger partial charge in [0.05, 0.1) is 0 Å². The van der Waals surface area contributed by atoms with Crippen LogP contribution in [0, 0.1) is 0 Å². The maximum Gasteiger partial charge on any atom is 0.124 e. The van der Waals surface area contributed by atoms with E-state index in [4.69, 9.17) is 0 Å². The van der Waals surface area contributed by atoms with Crippen molar-refractivity contribution in [2.45, 2.75) is 32.9 Å². The zero-order chi connectivity index (χ0) is 8.91. The summed E-state index contributed by atoms with van der Waals surface area (Å²) in [5, 5.41) is 0. The molecule has 0 aliphatic rings. The fraction of sp³-hybridized carbons (Fsp3) is 0.556. The molecule has 0 aliphatic carbocycles. The third-order valence-corrected chi connectivity index (χ3v) is 1.04. The molecule has 0 radical (unpaired) electrons. The normalized spacial score (nSPS) is 14.5. The average Bonchev–Trinajstić information content (AvgIpc) is 1.83. The highest BCUT2D eigenvalue weighted by molar-refractivity contribution is 5.14. The predicted molar refractivity (Wildman–Crippen MR) is 43.8 cm³/mol. The van der Waals surface area contributed by atoms with Crippen molar-refractivity contribution >= 4 is 0 Å². The molecule has 2 heteroatoms. The summed E-state index contributed by atoms with van der Waals surface area (Å²) in [4.78, 5) is 0. The molecule has 0 aromatic heterocycles. The first-order valence-electron chi connectivity index (χ1n) is 3.69. The summed E-state index contributed by atoms with van der Waals surface area (Å²) in [6.07, 6.45) is 4.39. The van der Waals surface area contributed by atoms with Gasteiger partial charge in [-0.1, -0.05) is 6.92 Å². The van der Waals surface area contributed by atoms with Gasteiger partial charge in [-0.3, -0.25) is 0 Å². The fourth-order valence-electron chi connectivity index (χ4n) is 0.541. The van der Waals surface area contributed by atoms with Gasteiger partial charge in [-0.2, -0.15) is 0 Å². The third-order valence-electron chi connectivity index (χ3n) is 1.04. The Hall–Kier alpha value is -0.660. The zero-order valence-electron chi connectivity index (χ0n) is 7.20. The predicted octanol–water partition coefficient (Wildman–Crippen LogP) is 3.55.